The number of ether oxygens (including phenoxy) is 1. The molecule has 1 aromatic heterocycles. The van der Waals surface area contributed by atoms with Crippen molar-refractivity contribution in [2.45, 2.75) is 18.4 Å². The number of methoxy groups -OCH3 is 1. The summed E-state index contributed by atoms with van der Waals surface area (Å²) in [7, 11) is 1.70. The van der Waals surface area contributed by atoms with E-state index < -0.39 is 0 Å². The van der Waals surface area contributed by atoms with Gasteiger partial charge in [0, 0.05) is 28.6 Å². The summed E-state index contributed by atoms with van der Waals surface area (Å²) in [5.41, 5.74) is 1.39. The molecule has 2 rings (SSSR count). The van der Waals surface area contributed by atoms with Crippen LogP contribution >= 0.6 is 23.1 Å². The first kappa shape index (κ1) is 14.4. The van der Waals surface area contributed by atoms with Crippen molar-refractivity contribution in [3.05, 3.63) is 46.2 Å². The maximum Gasteiger partial charge on any atom is 0.119 e. The van der Waals surface area contributed by atoms with Gasteiger partial charge in [0.2, 0.25) is 0 Å². The lowest BCUT2D eigenvalue weighted by Gasteiger charge is -2.06. The molecule has 0 saturated heterocycles. The summed E-state index contributed by atoms with van der Waals surface area (Å²) in [5.74, 6) is 1.99. The number of thiophene rings is 1. The van der Waals surface area contributed by atoms with Crippen molar-refractivity contribution in [1.29, 1.82) is 0 Å². The van der Waals surface area contributed by atoms with E-state index in [-0.39, 0.29) is 0 Å². The molecule has 4 heteroatoms. The Bertz CT molecular complexity index is 510. The summed E-state index contributed by atoms with van der Waals surface area (Å²) >= 11 is 3.68. The van der Waals surface area contributed by atoms with Crippen LogP contribution in [0.25, 0.3) is 0 Å². The number of thioether (sulfide) groups is 1. The normalized spacial score (nSPS) is 10.6. The highest BCUT2D eigenvalue weighted by Gasteiger charge is 1.99. The zero-order valence-electron chi connectivity index (χ0n) is 11.3. The Kier molecular flexibility index (Phi) is 5.76. The van der Waals surface area contributed by atoms with Crippen molar-refractivity contribution in [3.63, 3.8) is 0 Å². The number of hydrogen-bond donors (Lipinski definition) is 1. The van der Waals surface area contributed by atoms with Gasteiger partial charge in [-0.3, -0.25) is 0 Å². The molecule has 0 fully saturated rings. The van der Waals surface area contributed by atoms with Crippen molar-refractivity contribution in [2.75, 3.05) is 19.4 Å². The van der Waals surface area contributed by atoms with Crippen molar-refractivity contribution >= 4 is 23.1 Å². The second-order valence-corrected chi connectivity index (χ2v) is 6.40. The van der Waals surface area contributed by atoms with E-state index in [1.807, 2.05) is 35.2 Å². The van der Waals surface area contributed by atoms with Crippen LogP contribution in [0.1, 0.15) is 10.4 Å². The third-order valence-electron chi connectivity index (χ3n) is 2.84. The highest BCUT2D eigenvalue weighted by Crippen LogP contribution is 2.22. The molecule has 19 heavy (non-hydrogen) atoms. The first-order valence-corrected chi connectivity index (χ1v) is 8.16. The predicted octanol–water partition coefficient (Wildman–Crippen LogP) is 3.95. The minimum absolute atomic E-state index is 0.923. The second-order valence-electron chi connectivity index (χ2n) is 4.23. The molecule has 0 atom stereocenters. The van der Waals surface area contributed by atoms with E-state index >= 15 is 0 Å². The molecule has 1 N–H and O–H groups in total. The molecule has 2 aromatic rings. The molecule has 0 unspecified atom stereocenters. The minimum atomic E-state index is 0.923. The largest absolute Gasteiger partial charge is 0.497 e. The first-order valence-electron chi connectivity index (χ1n) is 6.30. The van der Waals surface area contributed by atoms with Gasteiger partial charge in [-0.15, -0.1) is 23.1 Å². The molecule has 0 saturated carbocycles. The molecule has 0 amide bonds. The molecule has 0 aliphatic rings. The van der Waals surface area contributed by atoms with Gasteiger partial charge in [0.25, 0.3) is 0 Å². The van der Waals surface area contributed by atoms with Crippen molar-refractivity contribution < 1.29 is 4.74 Å². The lowest BCUT2D eigenvalue weighted by Crippen LogP contribution is -2.16. The average Bonchev–Trinajstić information content (AvgIpc) is 2.84. The predicted molar refractivity (Wildman–Crippen MR) is 84.5 cm³/mol. The third-order valence-corrected chi connectivity index (χ3v) is 4.86. The third kappa shape index (κ3) is 4.56. The van der Waals surface area contributed by atoms with Crippen molar-refractivity contribution in [1.82, 2.24) is 5.32 Å². The van der Waals surface area contributed by atoms with Crippen molar-refractivity contribution in [2.24, 2.45) is 0 Å². The van der Waals surface area contributed by atoms with Crippen LogP contribution in [0.15, 0.2) is 40.6 Å². The van der Waals surface area contributed by atoms with E-state index in [0.29, 0.717) is 0 Å². The van der Waals surface area contributed by atoms with Crippen molar-refractivity contribution in [3.8, 4) is 5.75 Å². The van der Waals surface area contributed by atoms with Gasteiger partial charge in [0.1, 0.15) is 5.75 Å². The van der Waals surface area contributed by atoms with Crippen LogP contribution in [0.5, 0.6) is 5.75 Å². The quantitative estimate of drug-likeness (QED) is 0.617. The van der Waals surface area contributed by atoms with Crippen LogP contribution in [0, 0.1) is 6.92 Å². The van der Waals surface area contributed by atoms with E-state index in [4.69, 9.17) is 4.74 Å². The Hall–Kier alpha value is -0.970. The summed E-state index contributed by atoms with van der Waals surface area (Å²) in [6.45, 7) is 4.15. The van der Waals surface area contributed by atoms with Gasteiger partial charge in [0.05, 0.1) is 7.11 Å². The van der Waals surface area contributed by atoms with Gasteiger partial charge < -0.3 is 10.1 Å². The number of nitrogens with one attached hydrogen (secondary N) is 1. The van der Waals surface area contributed by atoms with Gasteiger partial charge in [0.15, 0.2) is 0 Å². The highest BCUT2D eigenvalue weighted by molar-refractivity contribution is 7.99. The molecular weight excluding hydrogens is 274 g/mol. The molecule has 1 heterocycles. The topological polar surface area (TPSA) is 21.3 Å². The Morgan fingerprint density at radius 1 is 1.32 bits per heavy atom. The molecule has 0 radical (unpaired) electrons. The van der Waals surface area contributed by atoms with E-state index in [1.54, 1.807) is 7.11 Å². The molecule has 1 aromatic carbocycles. The molecule has 0 bridgehead atoms. The monoisotopic (exact) mass is 293 g/mol. The van der Waals surface area contributed by atoms with Gasteiger partial charge in [-0.1, -0.05) is 6.07 Å². The Morgan fingerprint density at radius 3 is 2.95 bits per heavy atom. The Balaban J connectivity index is 1.68. The maximum atomic E-state index is 5.22. The van der Waals surface area contributed by atoms with Gasteiger partial charge in [-0.05, 0) is 42.1 Å². The minimum Gasteiger partial charge on any atom is -0.497 e. The lowest BCUT2D eigenvalue weighted by molar-refractivity contribution is 0.413. The molecule has 102 valence electrons. The summed E-state index contributed by atoms with van der Waals surface area (Å²) in [6, 6.07) is 10.4. The number of benzene rings is 1. The Morgan fingerprint density at radius 2 is 2.21 bits per heavy atom. The molecule has 0 aliphatic heterocycles. The van der Waals surface area contributed by atoms with Gasteiger partial charge >= 0.3 is 0 Å². The van der Waals surface area contributed by atoms with Crippen LogP contribution < -0.4 is 10.1 Å². The smallest absolute Gasteiger partial charge is 0.119 e. The molecule has 0 spiro atoms. The van der Waals surface area contributed by atoms with Crippen LogP contribution in [0.3, 0.4) is 0 Å². The fourth-order valence-corrected chi connectivity index (χ4v) is 3.45. The number of hydrogen-bond acceptors (Lipinski definition) is 4. The van der Waals surface area contributed by atoms with E-state index in [2.05, 4.69) is 35.8 Å². The summed E-state index contributed by atoms with van der Waals surface area (Å²) in [6.07, 6.45) is 0. The van der Waals surface area contributed by atoms with E-state index in [1.165, 1.54) is 15.3 Å². The lowest BCUT2D eigenvalue weighted by atomic mass is 10.3. The second kappa shape index (κ2) is 7.58. The molecule has 0 aliphatic carbocycles. The highest BCUT2D eigenvalue weighted by atomic mass is 32.2. The van der Waals surface area contributed by atoms with Crippen LogP contribution in [0.2, 0.25) is 0 Å². The molecule has 2 nitrogen and oxygen atoms in total. The Labute approximate surface area is 123 Å². The maximum absolute atomic E-state index is 5.22. The van der Waals surface area contributed by atoms with E-state index in [9.17, 15) is 0 Å². The van der Waals surface area contributed by atoms with Gasteiger partial charge in [-0.2, -0.15) is 0 Å². The SMILES string of the molecule is COc1cccc(SCCNCc2sccc2C)c1. The van der Waals surface area contributed by atoms with Crippen LogP contribution in [-0.4, -0.2) is 19.4 Å². The average molecular weight is 293 g/mol. The molecular formula is C15H19NOS2. The zero-order chi connectivity index (χ0) is 13.5. The van der Waals surface area contributed by atoms with E-state index in [0.717, 1.165) is 24.6 Å². The summed E-state index contributed by atoms with van der Waals surface area (Å²) in [4.78, 5) is 2.69. The van der Waals surface area contributed by atoms with Crippen LogP contribution in [-0.2, 0) is 6.54 Å². The summed E-state index contributed by atoms with van der Waals surface area (Å²) < 4.78 is 5.22. The fourth-order valence-electron chi connectivity index (χ4n) is 1.72. The van der Waals surface area contributed by atoms with Gasteiger partial charge in [-0.25, -0.2) is 0 Å². The first-order chi connectivity index (χ1) is 9.29. The zero-order valence-corrected chi connectivity index (χ0v) is 12.9. The standard InChI is InChI=1S/C15H19NOS2/c1-12-6-8-19-15(12)11-16-7-9-18-14-5-3-4-13(10-14)17-2/h3-6,8,10,16H,7,9,11H2,1-2H3. The number of aryl methyl sites for hydroxylation is 1. The van der Waals surface area contributed by atoms with Crippen LogP contribution in [0.4, 0.5) is 0 Å². The number of rotatable bonds is 7. The summed E-state index contributed by atoms with van der Waals surface area (Å²) in [5, 5.41) is 5.64. The fraction of sp³-hybridized carbons (Fsp3) is 0.333.